The molecule has 0 spiro atoms. The normalized spacial score (nSPS) is 15.1. The van der Waals surface area contributed by atoms with Gasteiger partial charge >= 0.3 is 0 Å². The van der Waals surface area contributed by atoms with Crippen LogP contribution in [0.1, 0.15) is 55.2 Å². The fourth-order valence-corrected chi connectivity index (χ4v) is 6.87. The van der Waals surface area contributed by atoms with Gasteiger partial charge < -0.3 is 20.1 Å². The number of aromatic nitrogens is 5. The van der Waals surface area contributed by atoms with Gasteiger partial charge in [-0.25, -0.2) is 18.9 Å². The van der Waals surface area contributed by atoms with Crippen molar-refractivity contribution in [2.24, 2.45) is 0 Å². The number of pyridine rings is 1. The number of halogens is 1. The van der Waals surface area contributed by atoms with Gasteiger partial charge in [-0.3, -0.25) is 44.0 Å². The highest BCUT2D eigenvalue weighted by Gasteiger charge is 2.46. The highest BCUT2D eigenvalue weighted by Crippen LogP contribution is 2.33. The van der Waals surface area contributed by atoms with Crippen molar-refractivity contribution in [1.29, 1.82) is 0 Å². The largest absolute Gasteiger partial charge is 0.483 e. The second-order valence-corrected chi connectivity index (χ2v) is 13.6. The SMILES string of the molecule is O=C(COc1cccc2c1C(=O)N(C1CCC(=O)NC1=O)C2=O)NCCOCCNC(=O)c1ccc(-c2cnc3ncc(Cc4ccc5ncccc5c4)n3n2)cc1F. The van der Waals surface area contributed by atoms with Crippen LogP contribution in [0, 0.1) is 5.82 Å². The van der Waals surface area contributed by atoms with Crippen molar-refractivity contribution >= 4 is 52.1 Å². The average Bonchev–Trinajstić information content (AvgIpc) is 3.75. The Morgan fingerprint density at radius 3 is 2.56 bits per heavy atom. The van der Waals surface area contributed by atoms with Crippen LogP contribution in [-0.2, 0) is 25.5 Å². The number of ether oxygens (including phenoxy) is 2. The molecule has 18 heteroatoms. The van der Waals surface area contributed by atoms with Crippen molar-refractivity contribution in [1.82, 2.24) is 45.4 Å². The molecule has 3 aromatic heterocycles. The van der Waals surface area contributed by atoms with E-state index in [2.05, 4.69) is 42.1 Å². The van der Waals surface area contributed by atoms with Crippen LogP contribution in [0.2, 0.25) is 0 Å². The quantitative estimate of drug-likeness (QED) is 0.107. The van der Waals surface area contributed by atoms with Crippen molar-refractivity contribution in [3.8, 4) is 17.0 Å². The van der Waals surface area contributed by atoms with E-state index in [1.54, 1.807) is 23.0 Å². The van der Waals surface area contributed by atoms with Gasteiger partial charge in [-0.2, -0.15) is 5.10 Å². The van der Waals surface area contributed by atoms with E-state index in [1.165, 1.54) is 36.5 Å². The molecular weight excluding hydrogens is 766 g/mol. The van der Waals surface area contributed by atoms with Gasteiger partial charge in [0.2, 0.25) is 11.8 Å². The maximum absolute atomic E-state index is 15.2. The molecule has 1 unspecified atom stereocenters. The number of carbonyl (C=O) groups excluding carboxylic acids is 6. The predicted molar refractivity (Wildman–Crippen MR) is 205 cm³/mol. The van der Waals surface area contributed by atoms with Gasteiger partial charge in [-0.15, -0.1) is 0 Å². The molecular formula is C41H34FN9O8. The Bertz CT molecular complexity index is 2690. The van der Waals surface area contributed by atoms with Gasteiger partial charge in [0.15, 0.2) is 6.61 Å². The number of fused-ring (bicyclic) bond motifs is 3. The second-order valence-electron chi connectivity index (χ2n) is 13.6. The third-order valence-electron chi connectivity index (χ3n) is 9.75. The molecule has 1 fully saturated rings. The van der Waals surface area contributed by atoms with E-state index < -0.39 is 53.9 Å². The monoisotopic (exact) mass is 799 g/mol. The molecule has 2 aliphatic rings. The first kappa shape index (κ1) is 38.4. The predicted octanol–water partition coefficient (Wildman–Crippen LogP) is 2.41. The number of nitrogens with one attached hydrogen (secondary N) is 3. The zero-order valence-electron chi connectivity index (χ0n) is 31.1. The first-order valence-corrected chi connectivity index (χ1v) is 18.6. The highest BCUT2D eigenvalue weighted by atomic mass is 19.1. The summed E-state index contributed by atoms with van der Waals surface area (Å²) < 4.78 is 27.9. The zero-order chi connectivity index (χ0) is 41.0. The summed E-state index contributed by atoms with van der Waals surface area (Å²) in [6.07, 6.45) is 5.47. The number of benzene rings is 3. The van der Waals surface area contributed by atoms with Gasteiger partial charge in [-0.05, 0) is 54.4 Å². The summed E-state index contributed by atoms with van der Waals surface area (Å²) >= 11 is 0. The van der Waals surface area contributed by atoms with Gasteiger partial charge in [0.1, 0.15) is 23.3 Å². The lowest BCUT2D eigenvalue weighted by Crippen LogP contribution is -2.54. The van der Waals surface area contributed by atoms with E-state index in [9.17, 15) is 28.8 Å². The summed E-state index contributed by atoms with van der Waals surface area (Å²) in [6.45, 7) is -0.156. The third kappa shape index (κ3) is 8.06. The Balaban J connectivity index is 0.773. The molecule has 2 aliphatic heterocycles. The van der Waals surface area contributed by atoms with Gasteiger partial charge in [0.25, 0.3) is 29.4 Å². The summed E-state index contributed by atoms with van der Waals surface area (Å²) in [7, 11) is 0. The standard InChI is InChI=1S/C41H34FN9O8/c42-29-19-25(31-21-47-41-46-20-26(51(41)49-31)18-23-6-9-30-24(17-23)3-2-12-43-30)7-8-27(29)37(54)45-14-16-58-15-13-44-35(53)22-59-33-5-1-4-28-36(33)40(57)50(39(28)56)32-10-11-34(52)48-38(32)55/h1-9,12,17,19-21,32H,10-11,13-16,18,22H2,(H,44,53)(H,45,54)(H,48,52,55). The molecule has 1 saturated heterocycles. The number of hydrogen-bond donors (Lipinski definition) is 3. The highest BCUT2D eigenvalue weighted by molar-refractivity contribution is 6.24. The molecule has 3 aromatic carbocycles. The van der Waals surface area contributed by atoms with Crippen LogP contribution in [0.4, 0.5) is 4.39 Å². The van der Waals surface area contributed by atoms with E-state index in [1.807, 2.05) is 24.3 Å². The number of rotatable bonds is 14. The van der Waals surface area contributed by atoms with E-state index in [-0.39, 0.29) is 61.6 Å². The number of imidazole rings is 1. The summed E-state index contributed by atoms with van der Waals surface area (Å²) in [5.41, 5.74) is 3.34. The Hall–Kier alpha value is -7.47. The van der Waals surface area contributed by atoms with Crippen molar-refractivity contribution in [2.75, 3.05) is 32.9 Å². The van der Waals surface area contributed by atoms with Crippen LogP contribution in [0.3, 0.4) is 0 Å². The molecule has 0 saturated carbocycles. The number of carbonyl (C=O) groups is 6. The Morgan fingerprint density at radius 2 is 1.73 bits per heavy atom. The third-order valence-corrected chi connectivity index (χ3v) is 9.75. The smallest absolute Gasteiger partial charge is 0.266 e. The van der Waals surface area contributed by atoms with Gasteiger partial charge in [0, 0.05) is 43.1 Å². The molecule has 6 amide bonds. The Kier molecular flexibility index (Phi) is 10.8. The molecule has 5 heterocycles. The average molecular weight is 800 g/mol. The lowest BCUT2D eigenvalue weighted by atomic mass is 10.0. The molecule has 17 nitrogen and oxygen atoms in total. The molecule has 298 valence electrons. The molecule has 0 radical (unpaired) electrons. The first-order valence-electron chi connectivity index (χ1n) is 18.6. The van der Waals surface area contributed by atoms with E-state index in [4.69, 9.17) is 9.47 Å². The number of hydrogen-bond acceptors (Lipinski definition) is 12. The Morgan fingerprint density at radius 1 is 0.898 bits per heavy atom. The first-order chi connectivity index (χ1) is 28.6. The maximum Gasteiger partial charge on any atom is 0.266 e. The van der Waals surface area contributed by atoms with Crippen LogP contribution in [0.25, 0.3) is 27.9 Å². The molecule has 1 atom stereocenters. The zero-order valence-corrected chi connectivity index (χ0v) is 31.1. The molecule has 59 heavy (non-hydrogen) atoms. The summed E-state index contributed by atoms with van der Waals surface area (Å²) in [6, 6.07) is 17.3. The number of nitrogens with zero attached hydrogens (tertiary/aromatic N) is 6. The minimum Gasteiger partial charge on any atom is -0.483 e. The van der Waals surface area contributed by atoms with Crippen molar-refractivity contribution in [3.63, 3.8) is 0 Å². The molecule has 6 aromatic rings. The minimum absolute atomic E-state index is 0.00545. The minimum atomic E-state index is -1.13. The fraction of sp³-hybridized carbons (Fsp3) is 0.220. The number of amides is 6. The lowest BCUT2D eigenvalue weighted by Gasteiger charge is -2.27. The van der Waals surface area contributed by atoms with Gasteiger partial charge in [0.05, 0.1) is 53.5 Å². The van der Waals surface area contributed by atoms with E-state index in [0.717, 1.165) is 27.1 Å². The lowest BCUT2D eigenvalue weighted by molar-refractivity contribution is -0.136. The maximum atomic E-state index is 15.2. The number of piperidine rings is 1. The van der Waals surface area contributed by atoms with Crippen LogP contribution >= 0.6 is 0 Å². The van der Waals surface area contributed by atoms with Gasteiger partial charge in [-0.1, -0.05) is 24.3 Å². The van der Waals surface area contributed by atoms with Crippen molar-refractivity contribution < 1.29 is 42.6 Å². The van der Waals surface area contributed by atoms with Crippen LogP contribution in [0.5, 0.6) is 5.75 Å². The van der Waals surface area contributed by atoms with Crippen LogP contribution in [0.15, 0.2) is 85.3 Å². The summed E-state index contributed by atoms with van der Waals surface area (Å²) in [5, 5.41) is 13.0. The summed E-state index contributed by atoms with van der Waals surface area (Å²) in [5.74, 6) is -4.19. The van der Waals surface area contributed by atoms with E-state index in [0.29, 0.717) is 23.5 Å². The van der Waals surface area contributed by atoms with Crippen LogP contribution < -0.4 is 20.7 Å². The molecule has 8 rings (SSSR count). The topological polar surface area (TPSA) is 216 Å². The van der Waals surface area contributed by atoms with Crippen LogP contribution in [-0.4, -0.2) is 104 Å². The Labute approximate surface area is 333 Å². The molecule has 0 aliphatic carbocycles. The van der Waals surface area contributed by atoms with Crippen molar-refractivity contribution in [3.05, 3.63) is 119 Å². The molecule has 3 N–H and O–H groups in total. The van der Waals surface area contributed by atoms with E-state index >= 15 is 4.39 Å². The molecule has 0 bridgehead atoms. The summed E-state index contributed by atoms with van der Waals surface area (Å²) in [4.78, 5) is 89.2. The number of imide groups is 2. The fourth-order valence-electron chi connectivity index (χ4n) is 6.87. The second kappa shape index (κ2) is 16.6. The van der Waals surface area contributed by atoms with Crippen molar-refractivity contribution in [2.45, 2.75) is 25.3 Å².